The van der Waals surface area contributed by atoms with Crippen LogP contribution in [0.1, 0.15) is 16.7 Å². The van der Waals surface area contributed by atoms with Crippen LogP contribution in [-0.4, -0.2) is 0 Å². The van der Waals surface area contributed by atoms with Gasteiger partial charge in [-0.2, -0.15) is 0 Å². The van der Waals surface area contributed by atoms with Gasteiger partial charge in [-0.1, -0.05) is 42.5 Å². The number of aryl methyl sites for hydroxylation is 2. The Kier molecular flexibility index (Phi) is 2.59. The molecule has 0 N–H and O–H groups in total. The van der Waals surface area contributed by atoms with Crippen LogP contribution < -0.4 is 0 Å². The summed E-state index contributed by atoms with van der Waals surface area (Å²) in [5.41, 5.74) is 6.78. The molecule has 0 bridgehead atoms. The molecule has 2 aromatic carbocycles. The van der Waals surface area contributed by atoms with Gasteiger partial charge in [-0.05, 0) is 48.6 Å². The molecule has 0 nitrogen and oxygen atoms in total. The highest BCUT2D eigenvalue weighted by molar-refractivity contribution is 5.71. The zero-order valence-corrected chi connectivity index (χ0v) is 9.54. The van der Waals surface area contributed by atoms with Gasteiger partial charge in [-0.25, -0.2) is 0 Å². The lowest BCUT2D eigenvalue weighted by Gasteiger charge is -2.10. The molecule has 0 heteroatoms. The van der Waals surface area contributed by atoms with E-state index in [9.17, 15) is 0 Å². The molecule has 0 fully saturated rings. The molecule has 0 amide bonds. The van der Waals surface area contributed by atoms with Crippen molar-refractivity contribution in [2.24, 2.45) is 0 Å². The van der Waals surface area contributed by atoms with Gasteiger partial charge in [0.05, 0.1) is 0 Å². The lowest BCUT2D eigenvalue weighted by molar-refractivity contribution is 1.33. The van der Waals surface area contributed by atoms with Crippen molar-refractivity contribution in [3.8, 4) is 11.1 Å². The first-order valence-electron chi connectivity index (χ1n) is 5.32. The average Bonchev–Trinajstić information content (AvgIpc) is 2.23. The van der Waals surface area contributed by atoms with E-state index in [1.807, 2.05) is 0 Å². The maximum Gasteiger partial charge on any atom is -0.0149 e. The van der Waals surface area contributed by atoms with E-state index in [1.165, 1.54) is 27.8 Å². The van der Waals surface area contributed by atoms with E-state index in [-0.39, 0.29) is 0 Å². The van der Waals surface area contributed by atoms with E-state index in [0.717, 1.165) is 0 Å². The van der Waals surface area contributed by atoms with Gasteiger partial charge in [0.2, 0.25) is 0 Å². The predicted octanol–water partition coefficient (Wildman–Crippen LogP) is 4.28. The second-order valence-corrected chi connectivity index (χ2v) is 4.06. The monoisotopic (exact) mass is 196 g/mol. The minimum absolute atomic E-state index is 1.34. The maximum atomic E-state index is 2.20. The van der Waals surface area contributed by atoms with Crippen molar-refractivity contribution in [3.05, 3.63) is 59.2 Å². The average molecular weight is 196 g/mol. The summed E-state index contributed by atoms with van der Waals surface area (Å²) in [5.74, 6) is 0. The number of hydrogen-bond acceptors (Lipinski definition) is 0. The van der Waals surface area contributed by atoms with Gasteiger partial charge in [0.15, 0.2) is 0 Å². The number of benzene rings is 2. The molecule has 0 atom stereocenters. The summed E-state index contributed by atoms with van der Waals surface area (Å²) >= 11 is 0. The Morgan fingerprint density at radius 3 is 1.93 bits per heavy atom. The summed E-state index contributed by atoms with van der Waals surface area (Å²) in [5, 5.41) is 0. The molecule has 0 unspecified atom stereocenters. The third-order valence-corrected chi connectivity index (χ3v) is 3.04. The molecule has 2 rings (SSSR count). The Bertz CT molecular complexity index is 481. The van der Waals surface area contributed by atoms with Crippen LogP contribution in [0.5, 0.6) is 0 Å². The zero-order chi connectivity index (χ0) is 10.8. The van der Waals surface area contributed by atoms with Crippen molar-refractivity contribution in [2.75, 3.05) is 0 Å². The normalized spacial score (nSPS) is 10.3. The van der Waals surface area contributed by atoms with Crippen LogP contribution in [0.15, 0.2) is 42.5 Å². The molecule has 0 spiro atoms. The number of rotatable bonds is 1. The van der Waals surface area contributed by atoms with Crippen LogP contribution in [0.2, 0.25) is 0 Å². The van der Waals surface area contributed by atoms with Crippen molar-refractivity contribution >= 4 is 0 Å². The van der Waals surface area contributed by atoms with Gasteiger partial charge in [0, 0.05) is 0 Å². The van der Waals surface area contributed by atoms with Crippen LogP contribution in [0.4, 0.5) is 0 Å². The minimum Gasteiger partial charge on any atom is -0.0620 e. The molecular weight excluding hydrogens is 180 g/mol. The van der Waals surface area contributed by atoms with Crippen LogP contribution >= 0.6 is 0 Å². The van der Waals surface area contributed by atoms with E-state index in [1.54, 1.807) is 0 Å². The first-order chi connectivity index (χ1) is 7.20. The van der Waals surface area contributed by atoms with Crippen LogP contribution in [0.3, 0.4) is 0 Å². The van der Waals surface area contributed by atoms with Crippen LogP contribution in [-0.2, 0) is 0 Å². The standard InChI is InChI=1S/C15H16/c1-11-8-6-10-15(13(11)3)14-9-5-4-7-12(14)2/h4-10H,1-3H3. The Balaban J connectivity index is 2.65. The topological polar surface area (TPSA) is 0 Å². The van der Waals surface area contributed by atoms with Gasteiger partial charge in [-0.3, -0.25) is 0 Å². The molecule has 0 saturated carbocycles. The smallest absolute Gasteiger partial charge is 0.0149 e. The third-order valence-electron chi connectivity index (χ3n) is 3.04. The van der Waals surface area contributed by atoms with Crippen LogP contribution in [0, 0.1) is 20.8 Å². The fourth-order valence-corrected chi connectivity index (χ4v) is 1.92. The highest BCUT2D eigenvalue weighted by Crippen LogP contribution is 2.27. The summed E-state index contributed by atoms with van der Waals surface area (Å²) in [6.07, 6.45) is 0. The molecule has 15 heavy (non-hydrogen) atoms. The van der Waals surface area contributed by atoms with Crippen molar-refractivity contribution in [1.29, 1.82) is 0 Å². The van der Waals surface area contributed by atoms with E-state index >= 15 is 0 Å². The zero-order valence-electron chi connectivity index (χ0n) is 9.54. The van der Waals surface area contributed by atoms with Gasteiger partial charge < -0.3 is 0 Å². The quantitative estimate of drug-likeness (QED) is 0.638. The molecule has 0 aliphatic heterocycles. The first-order valence-corrected chi connectivity index (χ1v) is 5.32. The lowest BCUT2D eigenvalue weighted by atomic mass is 9.94. The molecule has 76 valence electrons. The minimum atomic E-state index is 1.34. The number of hydrogen-bond donors (Lipinski definition) is 0. The molecule has 0 aliphatic carbocycles. The van der Waals surface area contributed by atoms with E-state index < -0.39 is 0 Å². The summed E-state index contributed by atoms with van der Waals surface area (Å²) in [4.78, 5) is 0. The van der Waals surface area contributed by atoms with E-state index in [0.29, 0.717) is 0 Å². The molecule has 2 aromatic rings. The van der Waals surface area contributed by atoms with Crippen molar-refractivity contribution < 1.29 is 0 Å². The van der Waals surface area contributed by atoms with Crippen molar-refractivity contribution in [1.82, 2.24) is 0 Å². The van der Waals surface area contributed by atoms with Gasteiger partial charge >= 0.3 is 0 Å². The third kappa shape index (κ3) is 1.80. The highest BCUT2D eigenvalue weighted by atomic mass is 14.1. The SMILES string of the molecule is Cc1ccccc1-c1cccc(C)c1C. The van der Waals surface area contributed by atoms with Crippen molar-refractivity contribution in [2.45, 2.75) is 20.8 Å². The summed E-state index contributed by atoms with van der Waals surface area (Å²) in [6, 6.07) is 15.0. The van der Waals surface area contributed by atoms with E-state index in [4.69, 9.17) is 0 Å². The molecule has 0 aromatic heterocycles. The molecule has 0 saturated heterocycles. The Morgan fingerprint density at radius 1 is 0.600 bits per heavy atom. The summed E-state index contributed by atoms with van der Waals surface area (Å²) in [7, 11) is 0. The predicted molar refractivity (Wildman–Crippen MR) is 66.1 cm³/mol. The van der Waals surface area contributed by atoms with Gasteiger partial charge in [0.1, 0.15) is 0 Å². The Morgan fingerprint density at radius 2 is 1.20 bits per heavy atom. The van der Waals surface area contributed by atoms with Crippen molar-refractivity contribution in [3.63, 3.8) is 0 Å². The second kappa shape index (κ2) is 3.90. The maximum absolute atomic E-state index is 2.20. The second-order valence-electron chi connectivity index (χ2n) is 4.06. The lowest BCUT2D eigenvalue weighted by Crippen LogP contribution is -1.88. The molecule has 0 radical (unpaired) electrons. The largest absolute Gasteiger partial charge is 0.0620 e. The van der Waals surface area contributed by atoms with Gasteiger partial charge in [0.25, 0.3) is 0 Å². The highest BCUT2D eigenvalue weighted by Gasteiger charge is 2.04. The van der Waals surface area contributed by atoms with Crippen LogP contribution in [0.25, 0.3) is 11.1 Å². The van der Waals surface area contributed by atoms with E-state index in [2.05, 4.69) is 63.2 Å². The molecule has 0 aliphatic rings. The fourth-order valence-electron chi connectivity index (χ4n) is 1.92. The summed E-state index contributed by atoms with van der Waals surface area (Å²) in [6.45, 7) is 6.52. The molecular formula is C15H16. The molecule has 0 heterocycles. The summed E-state index contributed by atoms with van der Waals surface area (Å²) < 4.78 is 0. The van der Waals surface area contributed by atoms with Gasteiger partial charge in [-0.15, -0.1) is 0 Å². The fraction of sp³-hybridized carbons (Fsp3) is 0.200. The first kappa shape index (κ1) is 9.97. The Hall–Kier alpha value is -1.56. The Labute approximate surface area is 91.6 Å².